The van der Waals surface area contributed by atoms with Crippen LogP contribution in [0.15, 0.2) is 22.7 Å². The summed E-state index contributed by atoms with van der Waals surface area (Å²) in [6.07, 6.45) is -4.54. The van der Waals surface area contributed by atoms with E-state index in [1.165, 1.54) is 13.1 Å². The topological polar surface area (TPSA) is 80.0 Å². The minimum atomic E-state index is -4.54. The van der Waals surface area contributed by atoms with E-state index in [0.29, 0.717) is 5.82 Å². The van der Waals surface area contributed by atoms with Gasteiger partial charge in [-0.05, 0) is 25.1 Å². The van der Waals surface area contributed by atoms with Crippen molar-refractivity contribution in [3.8, 4) is 0 Å². The number of rotatable bonds is 3. The maximum absolute atomic E-state index is 12.7. The first-order valence-corrected chi connectivity index (χ1v) is 5.82. The monoisotopic (exact) mass is 300 g/mol. The van der Waals surface area contributed by atoms with Gasteiger partial charge in [0.15, 0.2) is 5.82 Å². The minimum Gasteiger partial charge on any atom is -0.387 e. The minimum absolute atomic E-state index is 0.178. The third-order valence-electron chi connectivity index (χ3n) is 2.61. The van der Waals surface area contributed by atoms with Crippen molar-refractivity contribution in [3.63, 3.8) is 0 Å². The van der Waals surface area contributed by atoms with Crippen LogP contribution in [0.5, 0.6) is 0 Å². The SMILES string of the molecule is CNc1ccc(C(F)(F)F)cc1C(=O)Nc1nc(C)no1. The van der Waals surface area contributed by atoms with Crippen molar-refractivity contribution in [1.82, 2.24) is 10.1 Å². The quantitative estimate of drug-likeness (QED) is 0.911. The van der Waals surface area contributed by atoms with Crippen LogP contribution in [0.3, 0.4) is 0 Å². The van der Waals surface area contributed by atoms with Crippen molar-refractivity contribution in [2.75, 3.05) is 17.7 Å². The molecule has 6 nitrogen and oxygen atoms in total. The molecule has 21 heavy (non-hydrogen) atoms. The van der Waals surface area contributed by atoms with Crippen LogP contribution in [0.25, 0.3) is 0 Å². The third-order valence-corrected chi connectivity index (χ3v) is 2.61. The maximum Gasteiger partial charge on any atom is 0.416 e. The molecule has 2 N–H and O–H groups in total. The fraction of sp³-hybridized carbons (Fsp3) is 0.250. The molecule has 0 saturated carbocycles. The lowest BCUT2D eigenvalue weighted by molar-refractivity contribution is -0.137. The second-order valence-electron chi connectivity index (χ2n) is 4.11. The molecule has 2 rings (SSSR count). The maximum atomic E-state index is 12.7. The van der Waals surface area contributed by atoms with Crippen LogP contribution >= 0.6 is 0 Å². The highest BCUT2D eigenvalue weighted by atomic mass is 19.4. The number of aryl methyl sites for hydroxylation is 1. The summed E-state index contributed by atoms with van der Waals surface area (Å²) in [5.41, 5.74) is -0.853. The Hall–Kier alpha value is -2.58. The van der Waals surface area contributed by atoms with E-state index in [2.05, 4.69) is 20.8 Å². The van der Waals surface area contributed by atoms with Gasteiger partial charge in [0.1, 0.15) is 0 Å². The summed E-state index contributed by atoms with van der Waals surface area (Å²) in [5.74, 6) is -0.489. The second kappa shape index (κ2) is 5.43. The molecule has 0 atom stereocenters. The molecule has 0 aliphatic heterocycles. The highest BCUT2D eigenvalue weighted by Crippen LogP contribution is 2.32. The summed E-state index contributed by atoms with van der Waals surface area (Å²) in [7, 11) is 1.50. The average molecular weight is 300 g/mol. The molecule has 0 spiro atoms. The Kier molecular flexibility index (Phi) is 3.83. The van der Waals surface area contributed by atoms with Crippen LogP contribution in [0.4, 0.5) is 24.9 Å². The number of benzene rings is 1. The number of halogens is 3. The van der Waals surface area contributed by atoms with Crippen molar-refractivity contribution in [1.29, 1.82) is 0 Å². The first-order valence-electron chi connectivity index (χ1n) is 5.82. The predicted molar refractivity (Wildman–Crippen MR) is 68.0 cm³/mol. The lowest BCUT2D eigenvalue weighted by atomic mass is 10.1. The number of nitrogens with zero attached hydrogens (tertiary/aromatic N) is 2. The summed E-state index contributed by atoms with van der Waals surface area (Å²) in [4.78, 5) is 15.8. The Labute approximate surface area is 117 Å². The lowest BCUT2D eigenvalue weighted by Crippen LogP contribution is -2.16. The molecule has 1 aromatic carbocycles. The van der Waals surface area contributed by atoms with Gasteiger partial charge >= 0.3 is 12.2 Å². The third kappa shape index (κ3) is 3.30. The molecule has 2 aromatic rings. The smallest absolute Gasteiger partial charge is 0.387 e. The molecule has 0 bridgehead atoms. The zero-order chi connectivity index (χ0) is 15.6. The number of hydrogen-bond acceptors (Lipinski definition) is 5. The largest absolute Gasteiger partial charge is 0.416 e. The van der Waals surface area contributed by atoms with E-state index >= 15 is 0 Å². The Morgan fingerprint density at radius 1 is 1.33 bits per heavy atom. The van der Waals surface area contributed by atoms with E-state index < -0.39 is 17.6 Å². The molecule has 1 amide bonds. The molecule has 0 fully saturated rings. The first kappa shape index (κ1) is 14.8. The van der Waals surface area contributed by atoms with Crippen LogP contribution < -0.4 is 10.6 Å². The number of carbonyl (C=O) groups excluding carboxylic acids is 1. The van der Waals surface area contributed by atoms with E-state index in [0.717, 1.165) is 12.1 Å². The highest BCUT2D eigenvalue weighted by Gasteiger charge is 2.31. The highest BCUT2D eigenvalue weighted by molar-refractivity contribution is 6.07. The van der Waals surface area contributed by atoms with Crippen molar-refractivity contribution in [3.05, 3.63) is 35.2 Å². The molecule has 9 heteroatoms. The molecular weight excluding hydrogens is 289 g/mol. The summed E-state index contributed by atoms with van der Waals surface area (Å²) in [6, 6.07) is 2.64. The zero-order valence-corrected chi connectivity index (χ0v) is 11.1. The Morgan fingerprint density at radius 3 is 2.57 bits per heavy atom. The lowest BCUT2D eigenvalue weighted by Gasteiger charge is -2.12. The standard InChI is InChI=1S/C12H11F3N4O2/c1-6-17-11(21-19-6)18-10(20)8-5-7(12(13,14)15)3-4-9(8)16-2/h3-5,16H,1-2H3,(H,17,18,19,20). The van der Waals surface area contributed by atoms with Gasteiger partial charge in [0.25, 0.3) is 5.91 Å². The summed E-state index contributed by atoms with van der Waals surface area (Å²) < 4.78 is 42.8. The van der Waals surface area contributed by atoms with Gasteiger partial charge in [-0.1, -0.05) is 5.16 Å². The van der Waals surface area contributed by atoms with Crippen molar-refractivity contribution < 1.29 is 22.5 Å². The summed E-state index contributed by atoms with van der Waals surface area (Å²) in [6.45, 7) is 1.54. The van der Waals surface area contributed by atoms with Crippen molar-refractivity contribution in [2.24, 2.45) is 0 Å². The van der Waals surface area contributed by atoms with E-state index in [4.69, 9.17) is 4.52 Å². The molecule has 1 aromatic heterocycles. The van der Waals surface area contributed by atoms with Crippen molar-refractivity contribution >= 4 is 17.6 Å². The number of alkyl halides is 3. The van der Waals surface area contributed by atoms with Crippen LogP contribution in [-0.4, -0.2) is 23.1 Å². The Bertz CT molecular complexity index is 667. The molecule has 112 valence electrons. The number of aromatic nitrogens is 2. The van der Waals surface area contributed by atoms with Crippen molar-refractivity contribution in [2.45, 2.75) is 13.1 Å². The predicted octanol–water partition coefficient (Wildman–Crippen LogP) is 2.69. The number of carbonyl (C=O) groups is 1. The van der Waals surface area contributed by atoms with Gasteiger partial charge in [-0.15, -0.1) is 0 Å². The Balaban J connectivity index is 2.34. The van der Waals surface area contributed by atoms with Gasteiger partial charge in [0, 0.05) is 12.7 Å². The number of nitrogens with one attached hydrogen (secondary N) is 2. The van der Waals surface area contributed by atoms with Crippen LogP contribution in [-0.2, 0) is 6.18 Å². The van der Waals surface area contributed by atoms with E-state index in [1.807, 2.05) is 0 Å². The van der Waals surface area contributed by atoms with Gasteiger partial charge < -0.3 is 9.84 Å². The second-order valence-corrected chi connectivity index (χ2v) is 4.11. The fourth-order valence-electron chi connectivity index (χ4n) is 1.64. The summed E-state index contributed by atoms with van der Waals surface area (Å²) >= 11 is 0. The molecule has 0 saturated heterocycles. The van der Waals surface area contributed by atoms with E-state index in [1.54, 1.807) is 6.92 Å². The average Bonchev–Trinajstić information content (AvgIpc) is 2.82. The number of anilines is 2. The molecule has 0 unspecified atom stereocenters. The first-order chi connectivity index (χ1) is 9.81. The number of amides is 1. The number of hydrogen-bond donors (Lipinski definition) is 2. The van der Waals surface area contributed by atoms with Crippen LogP contribution in [0, 0.1) is 6.92 Å². The van der Waals surface area contributed by atoms with Gasteiger partial charge in [0.05, 0.1) is 11.1 Å². The molecule has 0 radical (unpaired) electrons. The van der Waals surface area contributed by atoms with E-state index in [-0.39, 0.29) is 17.3 Å². The molecule has 0 aliphatic carbocycles. The normalized spacial score (nSPS) is 11.3. The van der Waals surface area contributed by atoms with Gasteiger partial charge in [-0.2, -0.15) is 18.2 Å². The molecular formula is C12H11F3N4O2. The van der Waals surface area contributed by atoms with Crippen LogP contribution in [0.1, 0.15) is 21.7 Å². The van der Waals surface area contributed by atoms with E-state index in [9.17, 15) is 18.0 Å². The zero-order valence-electron chi connectivity index (χ0n) is 11.1. The van der Waals surface area contributed by atoms with Crippen LogP contribution in [0.2, 0.25) is 0 Å². The summed E-state index contributed by atoms with van der Waals surface area (Å²) in [5, 5.41) is 8.36. The van der Waals surface area contributed by atoms with Gasteiger partial charge in [-0.3, -0.25) is 10.1 Å². The Morgan fingerprint density at radius 2 is 2.05 bits per heavy atom. The fourth-order valence-corrected chi connectivity index (χ4v) is 1.64. The molecule has 0 aliphatic rings. The van der Waals surface area contributed by atoms with Gasteiger partial charge in [-0.25, -0.2) is 0 Å². The molecule has 1 heterocycles. The van der Waals surface area contributed by atoms with Gasteiger partial charge in [0.2, 0.25) is 0 Å².